The summed E-state index contributed by atoms with van der Waals surface area (Å²) in [4.78, 5) is 14.4. The summed E-state index contributed by atoms with van der Waals surface area (Å²) in [5.41, 5.74) is 2.18. The molecule has 0 radical (unpaired) electrons. The Labute approximate surface area is 185 Å². The number of carbonyl (C=O) groups excluding carboxylic acids is 1. The minimum absolute atomic E-state index is 0.0223. The van der Waals surface area contributed by atoms with Gasteiger partial charge in [-0.25, -0.2) is 4.68 Å². The van der Waals surface area contributed by atoms with E-state index in [0.717, 1.165) is 27.6 Å². The molecule has 0 aliphatic carbocycles. The number of fused-ring (bicyclic) bond motifs is 1. The van der Waals surface area contributed by atoms with E-state index in [2.05, 4.69) is 27.7 Å². The van der Waals surface area contributed by atoms with E-state index in [9.17, 15) is 4.79 Å². The lowest BCUT2D eigenvalue weighted by atomic mass is 10.1. The number of nitrogens with zero attached hydrogens (tertiary/aromatic N) is 5. The number of tetrazole rings is 1. The van der Waals surface area contributed by atoms with Gasteiger partial charge in [0.05, 0.1) is 19.4 Å². The van der Waals surface area contributed by atoms with Crippen LogP contribution in [0.15, 0.2) is 71.9 Å². The molecule has 4 aromatic rings. The number of rotatable bonds is 8. The maximum absolute atomic E-state index is 12.7. The Hall–Kier alpha value is -3.39. The molecule has 3 aromatic carbocycles. The van der Waals surface area contributed by atoms with Gasteiger partial charge in [-0.05, 0) is 50.5 Å². The number of benzene rings is 3. The van der Waals surface area contributed by atoms with Crippen molar-refractivity contribution in [1.29, 1.82) is 0 Å². The molecule has 0 saturated carbocycles. The van der Waals surface area contributed by atoms with Crippen LogP contribution in [-0.2, 0) is 17.9 Å². The first-order valence-electron chi connectivity index (χ1n) is 9.86. The van der Waals surface area contributed by atoms with Crippen molar-refractivity contribution in [3.63, 3.8) is 0 Å². The monoisotopic (exact) mass is 433 g/mol. The second kappa shape index (κ2) is 9.61. The predicted octanol–water partition coefficient (Wildman–Crippen LogP) is 3.63. The fourth-order valence-corrected chi connectivity index (χ4v) is 4.07. The summed E-state index contributed by atoms with van der Waals surface area (Å²) < 4.78 is 6.99. The summed E-state index contributed by atoms with van der Waals surface area (Å²) in [6.45, 7) is 1.11. The van der Waals surface area contributed by atoms with Crippen LogP contribution in [0.25, 0.3) is 10.8 Å². The van der Waals surface area contributed by atoms with E-state index in [4.69, 9.17) is 4.74 Å². The second-order valence-corrected chi connectivity index (χ2v) is 8.13. The summed E-state index contributed by atoms with van der Waals surface area (Å²) in [6, 6.07) is 22.2. The van der Waals surface area contributed by atoms with Gasteiger partial charge >= 0.3 is 0 Å². The molecule has 4 rings (SSSR count). The lowest BCUT2D eigenvalue weighted by Gasteiger charge is -2.17. The number of ether oxygens (including phenoxy) is 1. The molecule has 1 amide bonds. The average Bonchev–Trinajstić information content (AvgIpc) is 3.24. The van der Waals surface area contributed by atoms with Gasteiger partial charge < -0.3 is 9.64 Å². The quantitative estimate of drug-likeness (QED) is 0.395. The second-order valence-electron chi connectivity index (χ2n) is 7.19. The Morgan fingerprint density at radius 1 is 1.03 bits per heavy atom. The van der Waals surface area contributed by atoms with E-state index < -0.39 is 0 Å². The van der Waals surface area contributed by atoms with E-state index >= 15 is 0 Å². The first kappa shape index (κ1) is 20.9. The molecule has 0 aliphatic rings. The van der Waals surface area contributed by atoms with Crippen LogP contribution in [0, 0.1) is 0 Å². The van der Waals surface area contributed by atoms with Crippen molar-refractivity contribution in [2.75, 3.05) is 19.9 Å². The van der Waals surface area contributed by atoms with Crippen LogP contribution in [0.2, 0.25) is 0 Å². The Morgan fingerprint density at radius 2 is 1.81 bits per heavy atom. The highest BCUT2D eigenvalue weighted by Gasteiger charge is 2.14. The maximum Gasteiger partial charge on any atom is 0.233 e. The third-order valence-electron chi connectivity index (χ3n) is 4.96. The zero-order chi connectivity index (χ0) is 21.6. The maximum atomic E-state index is 12.7. The molecule has 0 N–H and O–H groups in total. The molecular formula is C23H23N5O2S. The van der Waals surface area contributed by atoms with Crippen molar-refractivity contribution >= 4 is 28.4 Å². The van der Waals surface area contributed by atoms with E-state index in [1.807, 2.05) is 61.6 Å². The smallest absolute Gasteiger partial charge is 0.233 e. The third kappa shape index (κ3) is 5.21. The number of methoxy groups -OCH3 is 1. The van der Waals surface area contributed by atoms with Crippen LogP contribution < -0.4 is 4.74 Å². The number of carbonyl (C=O) groups is 1. The van der Waals surface area contributed by atoms with E-state index in [1.165, 1.54) is 11.8 Å². The van der Waals surface area contributed by atoms with Crippen LogP contribution in [0.1, 0.15) is 11.1 Å². The summed E-state index contributed by atoms with van der Waals surface area (Å²) in [5, 5.41) is 14.7. The Morgan fingerprint density at radius 3 is 2.61 bits per heavy atom. The number of aromatic nitrogens is 4. The first-order valence-corrected chi connectivity index (χ1v) is 10.8. The van der Waals surface area contributed by atoms with Gasteiger partial charge in [0.1, 0.15) is 5.75 Å². The Balaban J connectivity index is 1.35. The van der Waals surface area contributed by atoms with E-state index in [1.54, 1.807) is 16.7 Å². The Bertz CT molecular complexity index is 1180. The van der Waals surface area contributed by atoms with Gasteiger partial charge in [0, 0.05) is 13.6 Å². The molecule has 158 valence electrons. The molecule has 0 fully saturated rings. The van der Waals surface area contributed by atoms with Crippen LogP contribution in [-0.4, -0.2) is 50.9 Å². The standard InChI is InChI=1S/C23H23N5O2S/c1-27(14-18-8-9-20-13-21(30-2)11-10-19(20)12-18)22(29)16-31-23-24-25-26-28(23)15-17-6-4-3-5-7-17/h3-13H,14-16H2,1-2H3. The number of amides is 1. The molecule has 0 atom stereocenters. The first-order chi connectivity index (χ1) is 15.1. The third-order valence-corrected chi connectivity index (χ3v) is 5.90. The molecule has 1 heterocycles. The largest absolute Gasteiger partial charge is 0.497 e. The summed E-state index contributed by atoms with van der Waals surface area (Å²) in [7, 11) is 3.47. The topological polar surface area (TPSA) is 73.1 Å². The van der Waals surface area contributed by atoms with Gasteiger partial charge in [-0.3, -0.25) is 4.79 Å². The van der Waals surface area contributed by atoms with E-state index in [-0.39, 0.29) is 11.7 Å². The average molecular weight is 434 g/mol. The van der Waals surface area contributed by atoms with Gasteiger partial charge in [-0.1, -0.05) is 60.3 Å². The highest BCUT2D eigenvalue weighted by Crippen LogP contribution is 2.23. The molecule has 0 bridgehead atoms. The predicted molar refractivity (Wildman–Crippen MR) is 121 cm³/mol. The number of thioether (sulfide) groups is 1. The molecule has 0 aliphatic heterocycles. The van der Waals surface area contributed by atoms with Crippen LogP contribution in [0.5, 0.6) is 5.75 Å². The van der Waals surface area contributed by atoms with Gasteiger partial charge in [0.2, 0.25) is 11.1 Å². The lowest BCUT2D eigenvalue weighted by Crippen LogP contribution is -2.28. The SMILES string of the molecule is COc1ccc2cc(CN(C)C(=O)CSc3nnnn3Cc3ccccc3)ccc2c1. The van der Waals surface area contributed by atoms with Crippen molar-refractivity contribution in [3.05, 3.63) is 77.9 Å². The highest BCUT2D eigenvalue weighted by molar-refractivity contribution is 7.99. The zero-order valence-electron chi connectivity index (χ0n) is 17.4. The van der Waals surface area contributed by atoms with Crippen molar-refractivity contribution < 1.29 is 9.53 Å². The van der Waals surface area contributed by atoms with Gasteiger partial charge in [0.15, 0.2) is 0 Å². The summed E-state index contributed by atoms with van der Waals surface area (Å²) in [5.74, 6) is 1.13. The molecule has 1 aromatic heterocycles. The Kier molecular flexibility index (Phi) is 6.47. The fraction of sp³-hybridized carbons (Fsp3) is 0.217. The number of hydrogen-bond acceptors (Lipinski definition) is 6. The molecule has 0 unspecified atom stereocenters. The molecule has 0 saturated heterocycles. The zero-order valence-corrected chi connectivity index (χ0v) is 18.2. The van der Waals surface area contributed by atoms with Crippen molar-refractivity contribution in [2.45, 2.75) is 18.2 Å². The molecular weight excluding hydrogens is 410 g/mol. The van der Waals surface area contributed by atoms with Gasteiger partial charge in [-0.2, -0.15) is 0 Å². The molecule has 8 heteroatoms. The minimum atomic E-state index is 0.0223. The van der Waals surface area contributed by atoms with Crippen LogP contribution >= 0.6 is 11.8 Å². The van der Waals surface area contributed by atoms with Crippen LogP contribution in [0.3, 0.4) is 0 Å². The van der Waals surface area contributed by atoms with E-state index in [0.29, 0.717) is 18.2 Å². The van der Waals surface area contributed by atoms with Crippen LogP contribution in [0.4, 0.5) is 0 Å². The molecule has 31 heavy (non-hydrogen) atoms. The minimum Gasteiger partial charge on any atom is -0.497 e. The number of hydrogen-bond donors (Lipinski definition) is 0. The lowest BCUT2D eigenvalue weighted by molar-refractivity contribution is -0.127. The normalized spacial score (nSPS) is 10.9. The van der Waals surface area contributed by atoms with Crippen molar-refractivity contribution in [2.24, 2.45) is 0 Å². The highest BCUT2D eigenvalue weighted by atomic mass is 32.2. The van der Waals surface area contributed by atoms with Crippen molar-refractivity contribution in [1.82, 2.24) is 25.1 Å². The van der Waals surface area contributed by atoms with Gasteiger partial charge in [-0.15, -0.1) is 5.10 Å². The fourth-order valence-electron chi connectivity index (χ4n) is 3.25. The summed E-state index contributed by atoms with van der Waals surface area (Å²) >= 11 is 1.35. The van der Waals surface area contributed by atoms with Crippen molar-refractivity contribution in [3.8, 4) is 5.75 Å². The molecule has 7 nitrogen and oxygen atoms in total. The summed E-state index contributed by atoms with van der Waals surface area (Å²) in [6.07, 6.45) is 0. The van der Waals surface area contributed by atoms with Gasteiger partial charge in [0.25, 0.3) is 0 Å². The molecule has 0 spiro atoms.